The molecule has 156 valence electrons. The van der Waals surface area contributed by atoms with Crippen molar-refractivity contribution in [2.45, 2.75) is 13.8 Å². The first kappa shape index (κ1) is 21.6. The van der Waals surface area contributed by atoms with Crippen LogP contribution in [0.5, 0.6) is 0 Å². The second kappa shape index (κ2) is 9.63. The summed E-state index contributed by atoms with van der Waals surface area (Å²) in [6.07, 6.45) is 1.89. The molecule has 0 aliphatic carbocycles. The first-order valence-electron chi connectivity index (χ1n) is 9.76. The van der Waals surface area contributed by atoms with Crippen molar-refractivity contribution in [3.63, 3.8) is 0 Å². The van der Waals surface area contributed by atoms with Gasteiger partial charge in [-0.05, 0) is 73.6 Å². The molecule has 0 spiro atoms. The van der Waals surface area contributed by atoms with Crippen molar-refractivity contribution >= 4 is 46.3 Å². The zero-order chi connectivity index (χ0) is 21.7. The average Bonchev–Trinajstić information content (AvgIpc) is 3.03. The van der Waals surface area contributed by atoms with Crippen LogP contribution in [0.15, 0.2) is 58.4 Å². The number of aliphatic imine (C=N–C) groups is 1. The molecule has 0 atom stereocenters. The van der Waals surface area contributed by atoms with E-state index in [2.05, 4.69) is 35.9 Å². The van der Waals surface area contributed by atoms with Gasteiger partial charge in [0.25, 0.3) is 5.91 Å². The van der Waals surface area contributed by atoms with Gasteiger partial charge in [0.2, 0.25) is 0 Å². The molecule has 0 unspecified atom stereocenters. The lowest BCUT2D eigenvalue weighted by Gasteiger charge is -2.20. The van der Waals surface area contributed by atoms with E-state index in [4.69, 9.17) is 4.74 Å². The SMILES string of the molecule is CCN(CC)c1ccc(C=C2SC(=Nc3ccc(C(=O)OC)cc3)N(C)C2=O)cc1. The van der Waals surface area contributed by atoms with Crippen LogP contribution in [0.1, 0.15) is 29.8 Å². The van der Waals surface area contributed by atoms with E-state index < -0.39 is 5.97 Å². The number of hydrogen-bond acceptors (Lipinski definition) is 6. The van der Waals surface area contributed by atoms with Gasteiger partial charge in [-0.1, -0.05) is 12.1 Å². The molecule has 2 aromatic carbocycles. The molecular formula is C23H25N3O3S. The zero-order valence-electron chi connectivity index (χ0n) is 17.6. The van der Waals surface area contributed by atoms with Crippen molar-refractivity contribution < 1.29 is 14.3 Å². The van der Waals surface area contributed by atoms with Crippen molar-refractivity contribution in [3.05, 3.63) is 64.6 Å². The quantitative estimate of drug-likeness (QED) is 0.504. The number of rotatable bonds is 6. The number of benzene rings is 2. The zero-order valence-corrected chi connectivity index (χ0v) is 18.4. The first-order valence-corrected chi connectivity index (χ1v) is 10.6. The molecule has 30 heavy (non-hydrogen) atoms. The van der Waals surface area contributed by atoms with Gasteiger partial charge in [0, 0.05) is 25.8 Å². The van der Waals surface area contributed by atoms with E-state index >= 15 is 0 Å². The lowest BCUT2D eigenvalue weighted by molar-refractivity contribution is -0.121. The molecule has 1 saturated heterocycles. The lowest BCUT2D eigenvalue weighted by Crippen LogP contribution is -2.23. The van der Waals surface area contributed by atoms with E-state index in [0.29, 0.717) is 21.3 Å². The van der Waals surface area contributed by atoms with Crippen LogP contribution in [0.25, 0.3) is 6.08 Å². The number of anilines is 1. The molecule has 0 N–H and O–H groups in total. The predicted molar refractivity (Wildman–Crippen MR) is 123 cm³/mol. The number of amides is 1. The Labute approximate surface area is 181 Å². The third-order valence-corrected chi connectivity index (χ3v) is 5.90. The van der Waals surface area contributed by atoms with Gasteiger partial charge in [0.15, 0.2) is 5.17 Å². The third-order valence-electron chi connectivity index (χ3n) is 4.84. The Morgan fingerprint density at radius 2 is 1.73 bits per heavy atom. The lowest BCUT2D eigenvalue weighted by atomic mass is 10.1. The number of amidine groups is 1. The highest BCUT2D eigenvalue weighted by Crippen LogP contribution is 2.33. The van der Waals surface area contributed by atoms with Crippen molar-refractivity contribution in [1.82, 2.24) is 4.90 Å². The van der Waals surface area contributed by atoms with Gasteiger partial charge in [0.1, 0.15) is 0 Å². The Morgan fingerprint density at radius 1 is 1.10 bits per heavy atom. The Bertz CT molecular complexity index is 978. The minimum absolute atomic E-state index is 0.0854. The highest BCUT2D eigenvalue weighted by Gasteiger charge is 2.30. The van der Waals surface area contributed by atoms with Gasteiger partial charge in [0.05, 0.1) is 23.3 Å². The Hall–Kier alpha value is -3.06. The van der Waals surface area contributed by atoms with E-state index in [1.165, 1.54) is 29.5 Å². The van der Waals surface area contributed by atoms with E-state index in [1.807, 2.05) is 18.2 Å². The highest BCUT2D eigenvalue weighted by atomic mass is 32.2. The summed E-state index contributed by atoms with van der Waals surface area (Å²) in [6.45, 7) is 6.17. The number of methoxy groups -OCH3 is 1. The normalized spacial score (nSPS) is 16.4. The Morgan fingerprint density at radius 3 is 2.30 bits per heavy atom. The van der Waals surface area contributed by atoms with E-state index in [1.54, 1.807) is 31.3 Å². The van der Waals surface area contributed by atoms with Gasteiger partial charge in [-0.25, -0.2) is 9.79 Å². The molecule has 6 nitrogen and oxygen atoms in total. The number of thioether (sulfide) groups is 1. The second-order valence-corrected chi connectivity index (χ2v) is 7.68. The van der Waals surface area contributed by atoms with Crippen molar-refractivity contribution in [3.8, 4) is 0 Å². The molecule has 1 aliphatic rings. The molecule has 0 radical (unpaired) electrons. The van der Waals surface area contributed by atoms with Crippen LogP contribution in [0.4, 0.5) is 11.4 Å². The molecule has 2 aromatic rings. The van der Waals surface area contributed by atoms with Gasteiger partial charge >= 0.3 is 5.97 Å². The Balaban J connectivity index is 1.78. The summed E-state index contributed by atoms with van der Waals surface area (Å²) in [4.78, 5) is 33.2. The molecule has 1 amide bonds. The van der Waals surface area contributed by atoms with Crippen LogP contribution in [-0.2, 0) is 9.53 Å². The summed E-state index contributed by atoms with van der Waals surface area (Å²) in [6, 6.07) is 15.0. The Kier molecular flexibility index (Phi) is 6.95. The summed E-state index contributed by atoms with van der Waals surface area (Å²) in [7, 11) is 3.05. The maximum Gasteiger partial charge on any atom is 0.337 e. The van der Waals surface area contributed by atoms with Crippen molar-refractivity contribution in [2.24, 2.45) is 4.99 Å². The predicted octanol–water partition coefficient (Wildman–Crippen LogP) is 4.55. The van der Waals surface area contributed by atoms with E-state index in [-0.39, 0.29) is 5.91 Å². The number of nitrogens with zero attached hydrogens (tertiary/aromatic N) is 3. The van der Waals surface area contributed by atoms with Crippen molar-refractivity contribution in [2.75, 3.05) is 32.1 Å². The van der Waals surface area contributed by atoms with Gasteiger partial charge in [-0.15, -0.1) is 0 Å². The largest absolute Gasteiger partial charge is 0.465 e. The molecule has 1 heterocycles. The number of ether oxygens (including phenoxy) is 1. The molecule has 3 rings (SSSR count). The fourth-order valence-corrected chi connectivity index (χ4v) is 4.06. The summed E-state index contributed by atoms with van der Waals surface area (Å²) < 4.78 is 4.70. The fourth-order valence-electron chi connectivity index (χ4n) is 3.07. The van der Waals surface area contributed by atoms with Crippen LogP contribution >= 0.6 is 11.8 Å². The molecule has 1 aliphatic heterocycles. The minimum atomic E-state index is -0.394. The summed E-state index contributed by atoms with van der Waals surface area (Å²) in [5, 5.41) is 0.594. The average molecular weight is 424 g/mol. The molecule has 0 bridgehead atoms. The van der Waals surface area contributed by atoms with Gasteiger partial charge in [-0.3, -0.25) is 9.69 Å². The molecule has 0 aromatic heterocycles. The third kappa shape index (κ3) is 4.74. The minimum Gasteiger partial charge on any atom is -0.465 e. The van der Waals surface area contributed by atoms with Gasteiger partial charge in [-0.2, -0.15) is 0 Å². The second-order valence-electron chi connectivity index (χ2n) is 6.67. The summed E-state index contributed by atoms with van der Waals surface area (Å²) in [5.74, 6) is -0.480. The molecular weight excluding hydrogens is 398 g/mol. The maximum atomic E-state index is 12.6. The van der Waals surface area contributed by atoms with Crippen LogP contribution in [0.2, 0.25) is 0 Å². The topological polar surface area (TPSA) is 62.2 Å². The number of likely N-dealkylation sites (N-methyl/N-ethyl adjacent to an activating group) is 1. The fraction of sp³-hybridized carbons (Fsp3) is 0.261. The molecule has 0 saturated carbocycles. The summed E-state index contributed by atoms with van der Waals surface area (Å²) in [5.41, 5.74) is 3.26. The number of esters is 1. The van der Waals surface area contributed by atoms with Crippen LogP contribution in [0.3, 0.4) is 0 Å². The van der Waals surface area contributed by atoms with Crippen LogP contribution in [0, 0.1) is 0 Å². The first-order chi connectivity index (χ1) is 14.5. The molecule has 7 heteroatoms. The van der Waals surface area contributed by atoms with E-state index in [0.717, 1.165) is 18.7 Å². The standard InChI is InChI=1S/C23H25N3O3S/c1-5-26(6-2)19-13-7-16(8-14-19)15-20-21(27)25(3)23(30-20)24-18-11-9-17(10-12-18)22(28)29-4/h7-15H,5-6H2,1-4H3. The van der Waals surface area contributed by atoms with Gasteiger partial charge < -0.3 is 9.64 Å². The monoisotopic (exact) mass is 423 g/mol. The smallest absolute Gasteiger partial charge is 0.337 e. The molecule has 1 fully saturated rings. The number of hydrogen-bond donors (Lipinski definition) is 0. The van der Waals surface area contributed by atoms with Crippen molar-refractivity contribution in [1.29, 1.82) is 0 Å². The maximum absolute atomic E-state index is 12.6. The van der Waals surface area contributed by atoms with E-state index in [9.17, 15) is 9.59 Å². The van der Waals surface area contributed by atoms with Crippen LogP contribution in [-0.4, -0.2) is 49.2 Å². The number of carbonyl (C=O) groups excluding carboxylic acids is 2. The number of carbonyl (C=O) groups is 2. The van der Waals surface area contributed by atoms with Crippen LogP contribution < -0.4 is 4.90 Å². The summed E-state index contributed by atoms with van der Waals surface area (Å²) >= 11 is 1.34. The highest BCUT2D eigenvalue weighted by molar-refractivity contribution is 8.18.